The number of benzene rings is 1. The van der Waals surface area contributed by atoms with Crippen LogP contribution in [0, 0.1) is 11.7 Å². The SMILES string of the molecule is CCC(Oc1ccccc1F)C(=O)N(C)CC(O)C1CC1. The number of ether oxygens (including phenoxy) is 1. The Bertz CT molecular complexity index is 490. The monoisotopic (exact) mass is 295 g/mol. The molecule has 1 amide bonds. The summed E-state index contributed by atoms with van der Waals surface area (Å²) in [4.78, 5) is 13.8. The lowest BCUT2D eigenvalue weighted by atomic mass is 10.2. The molecule has 5 heteroatoms. The third-order valence-corrected chi connectivity index (χ3v) is 3.76. The van der Waals surface area contributed by atoms with Gasteiger partial charge >= 0.3 is 0 Å². The summed E-state index contributed by atoms with van der Waals surface area (Å²) >= 11 is 0. The van der Waals surface area contributed by atoms with E-state index < -0.39 is 18.0 Å². The van der Waals surface area contributed by atoms with Gasteiger partial charge in [-0.15, -0.1) is 0 Å². The summed E-state index contributed by atoms with van der Waals surface area (Å²) in [5, 5.41) is 9.90. The second-order valence-electron chi connectivity index (χ2n) is 5.57. The van der Waals surface area contributed by atoms with E-state index in [2.05, 4.69) is 0 Å². The number of halogens is 1. The quantitative estimate of drug-likeness (QED) is 0.839. The van der Waals surface area contributed by atoms with E-state index in [-0.39, 0.29) is 11.7 Å². The Balaban J connectivity index is 1.95. The summed E-state index contributed by atoms with van der Waals surface area (Å²) in [6.45, 7) is 2.11. The molecule has 21 heavy (non-hydrogen) atoms. The number of carbonyl (C=O) groups excluding carboxylic acids is 1. The number of aliphatic hydroxyl groups excluding tert-OH is 1. The molecule has 1 aromatic carbocycles. The van der Waals surface area contributed by atoms with Crippen LogP contribution < -0.4 is 4.74 Å². The normalized spacial score (nSPS) is 17.1. The van der Waals surface area contributed by atoms with Crippen LogP contribution in [0.1, 0.15) is 26.2 Å². The molecule has 1 aliphatic rings. The second kappa shape index (κ2) is 6.89. The summed E-state index contributed by atoms with van der Waals surface area (Å²) in [5.41, 5.74) is 0. The van der Waals surface area contributed by atoms with Gasteiger partial charge in [0, 0.05) is 13.6 Å². The largest absolute Gasteiger partial charge is 0.478 e. The van der Waals surface area contributed by atoms with Crippen molar-refractivity contribution in [3.63, 3.8) is 0 Å². The zero-order valence-corrected chi connectivity index (χ0v) is 12.5. The van der Waals surface area contributed by atoms with Gasteiger partial charge in [-0.2, -0.15) is 0 Å². The first kappa shape index (κ1) is 15.8. The lowest BCUT2D eigenvalue weighted by Crippen LogP contribution is -2.43. The molecule has 2 atom stereocenters. The minimum atomic E-state index is -0.738. The topological polar surface area (TPSA) is 49.8 Å². The van der Waals surface area contributed by atoms with Crippen molar-refractivity contribution in [1.82, 2.24) is 4.90 Å². The first-order chi connectivity index (χ1) is 10.0. The Hall–Kier alpha value is -1.62. The van der Waals surface area contributed by atoms with E-state index in [0.29, 0.717) is 18.9 Å². The van der Waals surface area contributed by atoms with Crippen LogP contribution in [-0.2, 0) is 4.79 Å². The maximum atomic E-state index is 13.6. The Morgan fingerprint density at radius 3 is 2.71 bits per heavy atom. The summed E-state index contributed by atoms with van der Waals surface area (Å²) in [5.74, 6) is -0.327. The molecule has 1 N–H and O–H groups in total. The molecule has 0 bridgehead atoms. The third-order valence-electron chi connectivity index (χ3n) is 3.76. The van der Waals surface area contributed by atoms with Crippen LogP contribution >= 0.6 is 0 Å². The van der Waals surface area contributed by atoms with Gasteiger partial charge in [0.2, 0.25) is 0 Å². The van der Waals surface area contributed by atoms with E-state index in [1.807, 2.05) is 6.92 Å². The number of likely N-dealkylation sites (N-methyl/N-ethyl adjacent to an activating group) is 1. The molecule has 1 aromatic rings. The van der Waals surface area contributed by atoms with Crippen LogP contribution in [0.5, 0.6) is 5.75 Å². The van der Waals surface area contributed by atoms with Crippen molar-refractivity contribution >= 4 is 5.91 Å². The first-order valence-corrected chi connectivity index (χ1v) is 7.37. The molecule has 2 rings (SSSR count). The summed E-state index contributed by atoms with van der Waals surface area (Å²) in [6, 6.07) is 6.04. The van der Waals surface area contributed by atoms with Gasteiger partial charge in [0.05, 0.1) is 6.10 Å². The van der Waals surface area contributed by atoms with E-state index in [9.17, 15) is 14.3 Å². The lowest BCUT2D eigenvalue weighted by molar-refractivity contribution is -0.139. The maximum absolute atomic E-state index is 13.6. The Morgan fingerprint density at radius 2 is 2.14 bits per heavy atom. The second-order valence-corrected chi connectivity index (χ2v) is 5.57. The molecule has 0 saturated heterocycles. The molecule has 1 aliphatic carbocycles. The van der Waals surface area contributed by atoms with E-state index in [0.717, 1.165) is 12.8 Å². The summed E-state index contributed by atoms with van der Waals surface area (Å²) < 4.78 is 19.1. The highest BCUT2D eigenvalue weighted by atomic mass is 19.1. The van der Waals surface area contributed by atoms with Crippen molar-refractivity contribution < 1.29 is 19.0 Å². The number of nitrogens with zero attached hydrogens (tertiary/aromatic N) is 1. The molecule has 2 unspecified atom stereocenters. The van der Waals surface area contributed by atoms with Gasteiger partial charge in [-0.25, -0.2) is 4.39 Å². The number of hydrogen-bond acceptors (Lipinski definition) is 3. The zero-order chi connectivity index (χ0) is 15.4. The molecule has 1 saturated carbocycles. The molecule has 116 valence electrons. The van der Waals surface area contributed by atoms with E-state index in [1.54, 1.807) is 19.2 Å². The van der Waals surface area contributed by atoms with E-state index in [1.165, 1.54) is 17.0 Å². The average Bonchev–Trinajstić information content (AvgIpc) is 3.30. The van der Waals surface area contributed by atoms with Gasteiger partial charge in [0.25, 0.3) is 5.91 Å². The number of para-hydroxylation sites is 1. The highest BCUT2D eigenvalue weighted by Gasteiger charge is 2.32. The van der Waals surface area contributed by atoms with Gasteiger partial charge in [-0.3, -0.25) is 4.79 Å². The van der Waals surface area contributed by atoms with Crippen molar-refractivity contribution in [2.45, 2.75) is 38.4 Å². The molecular formula is C16H22FNO3. The van der Waals surface area contributed by atoms with Crippen molar-refractivity contribution in [3.05, 3.63) is 30.1 Å². The van der Waals surface area contributed by atoms with Crippen molar-refractivity contribution in [3.8, 4) is 5.75 Å². The summed E-state index contributed by atoms with van der Waals surface area (Å²) in [7, 11) is 1.64. The van der Waals surface area contributed by atoms with Gasteiger partial charge in [0.15, 0.2) is 17.7 Å². The zero-order valence-electron chi connectivity index (χ0n) is 12.5. The fourth-order valence-electron chi connectivity index (χ4n) is 2.25. The number of carbonyl (C=O) groups is 1. The third kappa shape index (κ3) is 4.17. The van der Waals surface area contributed by atoms with Crippen molar-refractivity contribution in [2.24, 2.45) is 5.92 Å². The molecule has 0 aromatic heterocycles. The molecule has 4 nitrogen and oxygen atoms in total. The van der Waals surface area contributed by atoms with Crippen molar-refractivity contribution in [1.29, 1.82) is 0 Å². The van der Waals surface area contributed by atoms with Crippen LogP contribution in [0.15, 0.2) is 24.3 Å². The molecular weight excluding hydrogens is 273 g/mol. The Morgan fingerprint density at radius 1 is 1.48 bits per heavy atom. The maximum Gasteiger partial charge on any atom is 0.263 e. The standard InChI is InChI=1S/C16H22FNO3/c1-3-14(21-15-7-5-4-6-12(15)17)16(20)18(2)10-13(19)11-8-9-11/h4-7,11,13-14,19H,3,8-10H2,1-2H3. The fraction of sp³-hybridized carbons (Fsp3) is 0.562. The molecule has 0 radical (unpaired) electrons. The smallest absolute Gasteiger partial charge is 0.263 e. The van der Waals surface area contributed by atoms with Gasteiger partial charge in [-0.05, 0) is 37.3 Å². The van der Waals surface area contributed by atoms with Crippen LogP contribution in [0.3, 0.4) is 0 Å². The van der Waals surface area contributed by atoms with Gasteiger partial charge < -0.3 is 14.7 Å². The Labute approximate surface area is 124 Å². The summed E-state index contributed by atoms with van der Waals surface area (Å²) in [6.07, 6.45) is 1.26. The average molecular weight is 295 g/mol. The van der Waals surface area contributed by atoms with Crippen LogP contribution in [-0.4, -0.2) is 41.7 Å². The Kier molecular flexibility index (Phi) is 5.17. The predicted molar refractivity (Wildman–Crippen MR) is 77.5 cm³/mol. The van der Waals surface area contributed by atoms with Crippen molar-refractivity contribution in [2.75, 3.05) is 13.6 Å². The highest BCUT2D eigenvalue weighted by Crippen LogP contribution is 2.32. The van der Waals surface area contributed by atoms with E-state index >= 15 is 0 Å². The fourth-order valence-corrected chi connectivity index (χ4v) is 2.25. The van der Waals surface area contributed by atoms with Crippen LogP contribution in [0.2, 0.25) is 0 Å². The number of amides is 1. The minimum absolute atomic E-state index is 0.0776. The first-order valence-electron chi connectivity index (χ1n) is 7.37. The minimum Gasteiger partial charge on any atom is -0.478 e. The number of aliphatic hydroxyl groups is 1. The van der Waals surface area contributed by atoms with Gasteiger partial charge in [0.1, 0.15) is 0 Å². The molecule has 1 fully saturated rings. The molecule has 0 heterocycles. The predicted octanol–water partition coefficient (Wildman–Crippen LogP) is 2.21. The van der Waals surface area contributed by atoms with Crippen LogP contribution in [0.25, 0.3) is 0 Å². The number of hydrogen-bond donors (Lipinski definition) is 1. The molecule has 0 aliphatic heterocycles. The van der Waals surface area contributed by atoms with Crippen LogP contribution in [0.4, 0.5) is 4.39 Å². The van der Waals surface area contributed by atoms with Gasteiger partial charge in [-0.1, -0.05) is 19.1 Å². The highest BCUT2D eigenvalue weighted by molar-refractivity contribution is 5.81. The lowest BCUT2D eigenvalue weighted by Gasteiger charge is -2.25. The van der Waals surface area contributed by atoms with E-state index in [4.69, 9.17) is 4.74 Å². The number of rotatable bonds is 7. The molecule has 0 spiro atoms.